The minimum Gasteiger partial charge on any atom is -0.338 e. The van der Waals surface area contributed by atoms with E-state index in [1.54, 1.807) is 4.90 Å². The molecule has 2 atom stereocenters. The van der Waals surface area contributed by atoms with Crippen molar-refractivity contribution in [3.8, 4) is 0 Å². The van der Waals surface area contributed by atoms with Gasteiger partial charge in [0.1, 0.15) is 11.6 Å². The number of fused-ring (bicyclic) bond motifs is 1. The zero-order valence-corrected chi connectivity index (χ0v) is 12.9. The molecule has 2 aliphatic rings. The molecule has 0 bridgehead atoms. The van der Waals surface area contributed by atoms with Gasteiger partial charge in [0, 0.05) is 24.2 Å². The minimum atomic E-state index is -0.504. The number of hydrogen-bond donors (Lipinski definition) is 1. The predicted molar refractivity (Wildman–Crippen MR) is 80.0 cm³/mol. The first-order chi connectivity index (χ1) is 10.4. The topological polar surface area (TPSA) is 46.3 Å². The molecule has 1 saturated carbocycles. The molecule has 3 nitrogen and oxygen atoms in total. The molecule has 22 heavy (non-hydrogen) atoms. The number of benzene rings is 1. The second-order valence-electron chi connectivity index (χ2n) is 6.80. The number of rotatable bonds is 1. The second-order valence-corrected chi connectivity index (χ2v) is 6.80. The van der Waals surface area contributed by atoms with Gasteiger partial charge < -0.3 is 10.6 Å². The van der Waals surface area contributed by atoms with Gasteiger partial charge >= 0.3 is 0 Å². The van der Waals surface area contributed by atoms with Gasteiger partial charge in [-0.2, -0.15) is 0 Å². The molecule has 1 amide bonds. The summed E-state index contributed by atoms with van der Waals surface area (Å²) in [7, 11) is 0. The van der Waals surface area contributed by atoms with Crippen molar-refractivity contribution in [1.82, 2.24) is 4.90 Å². The van der Waals surface area contributed by atoms with Crippen LogP contribution in [0.15, 0.2) is 12.1 Å². The Morgan fingerprint density at radius 2 is 1.95 bits per heavy atom. The van der Waals surface area contributed by atoms with Gasteiger partial charge in [0.25, 0.3) is 0 Å². The lowest BCUT2D eigenvalue weighted by Gasteiger charge is -2.41. The molecular formula is C17H22F2N2O. The highest BCUT2D eigenvalue weighted by molar-refractivity contribution is 5.80. The standard InChI is InChI=1S/C17H22F2N2O/c1-17(20)8-3-2-4-13(17)16(22)21-9-7-11-12(10-21)15(19)6-5-14(11)18/h5-6,13H,2-4,7-10,20H2,1H3. The third-order valence-electron chi connectivity index (χ3n) is 5.16. The van der Waals surface area contributed by atoms with Crippen molar-refractivity contribution in [1.29, 1.82) is 0 Å². The molecule has 1 aromatic carbocycles. The molecule has 1 aliphatic carbocycles. The van der Waals surface area contributed by atoms with E-state index in [9.17, 15) is 13.6 Å². The number of carbonyl (C=O) groups excluding carboxylic acids is 1. The van der Waals surface area contributed by atoms with Gasteiger partial charge in [-0.15, -0.1) is 0 Å². The first kappa shape index (κ1) is 15.4. The summed E-state index contributed by atoms with van der Waals surface area (Å²) < 4.78 is 27.7. The maximum absolute atomic E-state index is 14.0. The SMILES string of the molecule is CC1(N)CCCCC1C(=O)N1CCc2c(F)ccc(F)c2C1. The molecule has 0 aromatic heterocycles. The van der Waals surface area contributed by atoms with Crippen LogP contribution < -0.4 is 5.73 Å². The Kier molecular flexibility index (Phi) is 3.93. The van der Waals surface area contributed by atoms with Gasteiger partial charge in [-0.05, 0) is 43.9 Å². The maximum atomic E-state index is 14.0. The van der Waals surface area contributed by atoms with E-state index in [2.05, 4.69) is 0 Å². The third-order valence-corrected chi connectivity index (χ3v) is 5.16. The van der Waals surface area contributed by atoms with Crippen LogP contribution in [0, 0.1) is 17.6 Å². The van der Waals surface area contributed by atoms with E-state index in [-0.39, 0.29) is 24.2 Å². The van der Waals surface area contributed by atoms with Crippen LogP contribution in [0.5, 0.6) is 0 Å². The number of amides is 1. The molecule has 0 saturated heterocycles. The van der Waals surface area contributed by atoms with Gasteiger partial charge in [-0.3, -0.25) is 4.79 Å². The Bertz CT molecular complexity index is 601. The van der Waals surface area contributed by atoms with Gasteiger partial charge in [0.15, 0.2) is 0 Å². The molecule has 1 aromatic rings. The van der Waals surface area contributed by atoms with Gasteiger partial charge in [0.05, 0.1) is 5.92 Å². The van der Waals surface area contributed by atoms with Crippen LogP contribution in [0.25, 0.3) is 0 Å². The third kappa shape index (κ3) is 2.62. The van der Waals surface area contributed by atoms with Crippen LogP contribution in [-0.4, -0.2) is 22.9 Å². The molecule has 2 N–H and O–H groups in total. The van der Waals surface area contributed by atoms with Crippen LogP contribution in [0.3, 0.4) is 0 Å². The van der Waals surface area contributed by atoms with E-state index < -0.39 is 11.4 Å². The van der Waals surface area contributed by atoms with Crippen molar-refractivity contribution in [2.45, 2.75) is 51.1 Å². The normalized spacial score (nSPS) is 28.4. The van der Waals surface area contributed by atoms with Gasteiger partial charge in [-0.25, -0.2) is 8.78 Å². The average Bonchev–Trinajstić information content (AvgIpc) is 2.50. The van der Waals surface area contributed by atoms with Crippen molar-refractivity contribution < 1.29 is 13.6 Å². The number of hydrogen-bond acceptors (Lipinski definition) is 2. The van der Waals surface area contributed by atoms with Crippen molar-refractivity contribution in [3.63, 3.8) is 0 Å². The van der Waals surface area contributed by atoms with E-state index in [1.807, 2.05) is 6.92 Å². The maximum Gasteiger partial charge on any atom is 0.227 e. The number of nitrogens with two attached hydrogens (primary N) is 1. The highest BCUT2D eigenvalue weighted by atomic mass is 19.1. The lowest BCUT2D eigenvalue weighted by molar-refractivity contribution is -0.140. The van der Waals surface area contributed by atoms with E-state index >= 15 is 0 Å². The highest BCUT2D eigenvalue weighted by Gasteiger charge is 2.40. The summed E-state index contributed by atoms with van der Waals surface area (Å²) in [6.07, 6.45) is 4.01. The van der Waals surface area contributed by atoms with Crippen molar-refractivity contribution in [2.75, 3.05) is 6.54 Å². The van der Waals surface area contributed by atoms with Crippen molar-refractivity contribution in [2.24, 2.45) is 11.7 Å². The molecule has 2 unspecified atom stereocenters. The van der Waals surface area contributed by atoms with Crippen LogP contribution in [0.2, 0.25) is 0 Å². The number of carbonyl (C=O) groups is 1. The first-order valence-electron chi connectivity index (χ1n) is 7.93. The summed E-state index contributed by atoms with van der Waals surface area (Å²) in [6, 6.07) is 2.29. The quantitative estimate of drug-likeness (QED) is 0.867. The van der Waals surface area contributed by atoms with Crippen molar-refractivity contribution >= 4 is 5.91 Å². The molecule has 0 spiro atoms. The number of nitrogens with zero attached hydrogens (tertiary/aromatic N) is 1. The summed E-state index contributed by atoms with van der Waals surface area (Å²) in [5.41, 5.74) is 6.51. The largest absolute Gasteiger partial charge is 0.338 e. The molecular weight excluding hydrogens is 286 g/mol. The van der Waals surface area contributed by atoms with E-state index in [0.29, 0.717) is 24.1 Å². The van der Waals surface area contributed by atoms with E-state index in [1.165, 1.54) is 0 Å². The molecule has 3 rings (SSSR count). The lowest BCUT2D eigenvalue weighted by atomic mass is 9.73. The first-order valence-corrected chi connectivity index (χ1v) is 7.93. The summed E-state index contributed by atoms with van der Waals surface area (Å²) in [4.78, 5) is 14.4. The Hall–Kier alpha value is -1.49. The average molecular weight is 308 g/mol. The van der Waals surface area contributed by atoms with Crippen LogP contribution in [0.1, 0.15) is 43.7 Å². The lowest BCUT2D eigenvalue weighted by Crippen LogP contribution is -2.54. The van der Waals surface area contributed by atoms with Crippen LogP contribution >= 0.6 is 0 Å². The van der Waals surface area contributed by atoms with Crippen LogP contribution in [0.4, 0.5) is 8.78 Å². The van der Waals surface area contributed by atoms with Gasteiger partial charge in [-0.1, -0.05) is 12.8 Å². The molecule has 1 aliphatic heterocycles. The molecule has 5 heteroatoms. The Labute approximate surface area is 129 Å². The summed E-state index contributed by atoms with van der Waals surface area (Å²) in [5, 5.41) is 0. The summed E-state index contributed by atoms with van der Waals surface area (Å²) >= 11 is 0. The monoisotopic (exact) mass is 308 g/mol. The fourth-order valence-electron chi connectivity index (χ4n) is 3.77. The van der Waals surface area contributed by atoms with Gasteiger partial charge in [0.2, 0.25) is 5.91 Å². The smallest absolute Gasteiger partial charge is 0.227 e. The molecule has 1 heterocycles. The molecule has 0 radical (unpaired) electrons. The Balaban J connectivity index is 1.82. The second kappa shape index (κ2) is 5.61. The number of halogens is 2. The molecule has 1 fully saturated rings. The van der Waals surface area contributed by atoms with E-state index in [0.717, 1.165) is 37.8 Å². The predicted octanol–water partition coefficient (Wildman–Crippen LogP) is 2.76. The minimum absolute atomic E-state index is 0.0148. The summed E-state index contributed by atoms with van der Waals surface area (Å²) in [6.45, 7) is 2.50. The zero-order valence-electron chi connectivity index (χ0n) is 12.9. The highest BCUT2D eigenvalue weighted by Crippen LogP contribution is 2.34. The zero-order chi connectivity index (χ0) is 15.9. The summed E-state index contributed by atoms with van der Waals surface area (Å²) in [5.74, 6) is -1.06. The Morgan fingerprint density at radius 1 is 1.27 bits per heavy atom. The molecule has 120 valence electrons. The van der Waals surface area contributed by atoms with Crippen molar-refractivity contribution in [3.05, 3.63) is 34.9 Å². The fourth-order valence-corrected chi connectivity index (χ4v) is 3.77. The van der Waals surface area contributed by atoms with Crippen LogP contribution in [-0.2, 0) is 17.8 Å². The van der Waals surface area contributed by atoms with E-state index in [4.69, 9.17) is 5.73 Å². The Morgan fingerprint density at radius 3 is 2.64 bits per heavy atom. The fraction of sp³-hybridized carbons (Fsp3) is 0.588.